The third kappa shape index (κ3) is 9.90. The lowest BCUT2D eigenvalue weighted by Crippen LogP contribution is -2.54. The summed E-state index contributed by atoms with van der Waals surface area (Å²) in [5, 5.41) is 3.63. The highest BCUT2D eigenvalue weighted by atomic mass is 35.5. The molecular formula is C32H40ClN3O4S. The minimum atomic E-state index is -3.57. The molecule has 2 amide bonds. The Hall–Kier alpha value is -3.36. The van der Waals surface area contributed by atoms with E-state index in [2.05, 4.69) is 5.32 Å². The minimum Gasteiger partial charge on any atom is -0.350 e. The van der Waals surface area contributed by atoms with E-state index in [1.54, 1.807) is 29.2 Å². The van der Waals surface area contributed by atoms with E-state index in [0.717, 1.165) is 16.7 Å². The number of carbonyl (C=O) groups excluding carboxylic acids is 2. The molecule has 0 aromatic heterocycles. The average Bonchev–Trinajstić information content (AvgIpc) is 2.89. The van der Waals surface area contributed by atoms with Gasteiger partial charge in [0.1, 0.15) is 6.04 Å². The predicted molar refractivity (Wildman–Crippen MR) is 166 cm³/mol. The molecule has 0 aliphatic heterocycles. The number of para-hydroxylation sites is 1. The van der Waals surface area contributed by atoms with Gasteiger partial charge >= 0.3 is 0 Å². The normalized spacial score (nSPS) is 12.4. The Labute approximate surface area is 249 Å². The van der Waals surface area contributed by atoms with E-state index >= 15 is 0 Å². The third-order valence-electron chi connectivity index (χ3n) is 6.57. The molecule has 0 saturated heterocycles. The van der Waals surface area contributed by atoms with Crippen molar-refractivity contribution in [2.24, 2.45) is 0 Å². The fourth-order valence-corrected chi connectivity index (χ4v) is 5.77. The SMILES string of the molecule is Cc1ccccc1N(CCCC(=O)N(Cc1ccc(Cl)cc1)[C@@H](Cc1ccccc1)C(=O)NC(C)(C)C)S(C)(=O)=O. The van der Waals surface area contributed by atoms with Crippen molar-refractivity contribution < 1.29 is 18.0 Å². The van der Waals surface area contributed by atoms with Crippen LogP contribution in [0.1, 0.15) is 50.3 Å². The van der Waals surface area contributed by atoms with E-state index in [0.29, 0.717) is 17.1 Å². The smallest absolute Gasteiger partial charge is 0.243 e. The number of benzene rings is 3. The lowest BCUT2D eigenvalue weighted by Gasteiger charge is -2.34. The highest BCUT2D eigenvalue weighted by molar-refractivity contribution is 7.92. The largest absolute Gasteiger partial charge is 0.350 e. The Morgan fingerprint density at radius 1 is 0.902 bits per heavy atom. The fourth-order valence-electron chi connectivity index (χ4n) is 4.62. The molecule has 0 aliphatic carbocycles. The number of hydrogen-bond donors (Lipinski definition) is 1. The first-order valence-corrected chi connectivity index (χ1v) is 15.9. The van der Waals surface area contributed by atoms with Crippen LogP contribution in [0.3, 0.4) is 0 Å². The number of aryl methyl sites for hydroxylation is 1. The molecule has 220 valence electrons. The van der Waals surface area contributed by atoms with Crippen molar-refractivity contribution in [1.29, 1.82) is 0 Å². The van der Waals surface area contributed by atoms with Crippen LogP contribution in [0.2, 0.25) is 5.02 Å². The summed E-state index contributed by atoms with van der Waals surface area (Å²) in [5.74, 6) is -0.482. The second-order valence-electron chi connectivity index (χ2n) is 11.3. The van der Waals surface area contributed by atoms with Crippen LogP contribution < -0.4 is 9.62 Å². The zero-order valence-electron chi connectivity index (χ0n) is 24.4. The average molecular weight is 598 g/mol. The molecule has 3 aromatic carbocycles. The molecule has 9 heteroatoms. The number of hydrogen-bond acceptors (Lipinski definition) is 4. The van der Waals surface area contributed by atoms with Gasteiger partial charge in [0.25, 0.3) is 0 Å². The topological polar surface area (TPSA) is 86.8 Å². The number of halogens is 1. The van der Waals surface area contributed by atoms with Crippen molar-refractivity contribution >= 4 is 39.1 Å². The van der Waals surface area contributed by atoms with Crippen molar-refractivity contribution in [1.82, 2.24) is 10.2 Å². The van der Waals surface area contributed by atoms with E-state index in [1.165, 1.54) is 10.6 Å². The maximum absolute atomic E-state index is 13.9. The summed E-state index contributed by atoms with van der Waals surface area (Å²) < 4.78 is 26.7. The Kier molecular flexibility index (Phi) is 11.0. The second-order valence-corrected chi connectivity index (χ2v) is 13.7. The van der Waals surface area contributed by atoms with Gasteiger partial charge in [0.15, 0.2) is 0 Å². The fraction of sp³-hybridized carbons (Fsp3) is 0.375. The van der Waals surface area contributed by atoms with Crippen molar-refractivity contribution in [3.05, 3.63) is 101 Å². The highest BCUT2D eigenvalue weighted by Crippen LogP contribution is 2.23. The van der Waals surface area contributed by atoms with E-state index < -0.39 is 21.6 Å². The molecule has 0 fully saturated rings. The summed E-state index contributed by atoms with van der Waals surface area (Å²) in [4.78, 5) is 29.2. The zero-order chi connectivity index (χ0) is 30.2. The molecule has 0 heterocycles. The summed E-state index contributed by atoms with van der Waals surface area (Å²) in [5.41, 5.74) is 2.69. The lowest BCUT2D eigenvalue weighted by atomic mass is 10.00. The van der Waals surface area contributed by atoms with Crippen molar-refractivity contribution in [2.75, 3.05) is 17.1 Å². The van der Waals surface area contributed by atoms with Crippen LogP contribution in [0.4, 0.5) is 5.69 Å². The number of anilines is 1. The lowest BCUT2D eigenvalue weighted by molar-refractivity contribution is -0.142. The first kappa shape index (κ1) is 32.2. The van der Waals surface area contributed by atoms with Crippen molar-refractivity contribution in [3.63, 3.8) is 0 Å². The Balaban J connectivity index is 1.90. The minimum absolute atomic E-state index is 0.0690. The summed E-state index contributed by atoms with van der Waals surface area (Å²) in [7, 11) is -3.57. The molecule has 3 aromatic rings. The molecule has 0 unspecified atom stereocenters. The van der Waals surface area contributed by atoms with E-state index in [1.807, 2.05) is 82.3 Å². The van der Waals surface area contributed by atoms with Gasteiger partial charge in [0, 0.05) is 36.5 Å². The van der Waals surface area contributed by atoms with Crippen LogP contribution in [-0.2, 0) is 32.6 Å². The van der Waals surface area contributed by atoms with Gasteiger partial charge < -0.3 is 10.2 Å². The third-order valence-corrected chi connectivity index (χ3v) is 8.00. The Morgan fingerprint density at radius 3 is 2.10 bits per heavy atom. The molecule has 0 bridgehead atoms. The van der Waals surface area contributed by atoms with E-state index in [-0.39, 0.29) is 37.7 Å². The summed E-state index contributed by atoms with van der Waals surface area (Å²) in [6.45, 7) is 7.92. The van der Waals surface area contributed by atoms with Gasteiger partial charge in [-0.3, -0.25) is 13.9 Å². The van der Waals surface area contributed by atoms with Crippen LogP contribution in [0.5, 0.6) is 0 Å². The van der Waals surface area contributed by atoms with E-state index in [4.69, 9.17) is 11.6 Å². The molecule has 7 nitrogen and oxygen atoms in total. The predicted octanol–water partition coefficient (Wildman–Crippen LogP) is 5.75. The van der Waals surface area contributed by atoms with Gasteiger partial charge in [-0.05, 0) is 69.0 Å². The van der Waals surface area contributed by atoms with Crippen LogP contribution in [0.15, 0.2) is 78.9 Å². The molecule has 0 radical (unpaired) electrons. The van der Waals surface area contributed by atoms with Crippen LogP contribution in [-0.4, -0.2) is 49.5 Å². The van der Waals surface area contributed by atoms with Crippen LogP contribution >= 0.6 is 11.6 Å². The number of amides is 2. The maximum atomic E-state index is 13.9. The van der Waals surface area contributed by atoms with E-state index in [9.17, 15) is 18.0 Å². The van der Waals surface area contributed by atoms with Crippen molar-refractivity contribution in [2.45, 2.75) is 65.1 Å². The molecule has 3 rings (SSSR count). The number of nitrogens with one attached hydrogen (secondary N) is 1. The van der Waals surface area contributed by atoms with Gasteiger partial charge in [-0.2, -0.15) is 0 Å². The quantitative estimate of drug-likeness (QED) is 0.288. The summed E-state index contributed by atoms with van der Waals surface area (Å²) in [6.07, 6.45) is 1.86. The molecule has 0 saturated carbocycles. The Bertz CT molecular complexity index is 1420. The number of sulfonamides is 1. The molecular weight excluding hydrogens is 558 g/mol. The first-order chi connectivity index (χ1) is 19.2. The molecule has 0 spiro atoms. The van der Waals surface area contributed by atoms with Gasteiger partial charge in [-0.1, -0.05) is 72.3 Å². The van der Waals surface area contributed by atoms with Gasteiger partial charge in [-0.15, -0.1) is 0 Å². The summed E-state index contributed by atoms with van der Waals surface area (Å²) in [6, 6.07) is 23.3. The Morgan fingerprint density at radius 2 is 1.51 bits per heavy atom. The summed E-state index contributed by atoms with van der Waals surface area (Å²) >= 11 is 6.10. The molecule has 0 aliphatic rings. The number of carbonyl (C=O) groups is 2. The zero-order valence-corrected chi connectivity index (χ0v) is 26.0. The second kappa shape index (κ2) is 14.0. The maximum Gasteiger partial charge on any atom is 0.243 e. The number of rotatable bonds is 12. The monoisotopic (exact) mass is 597 g/mol. The van der Waals surface area contributed by atoms with Crippen molar-refractivity contribution in [3.8, 4) is 0 Å². The molecule has 1 atom stereocenters. The standard InChI is InChI=1S/C32H40ClN3O4S/c1-24-12-9-10-15-28(24)36(41(5,39)40)21-11-16-30(37)35(23-26-17-19-27(33)20-18-26)29(31(38)34-32(2,3)4)22-25-13-7-6-8-14-25/h6-10,12-15,17-20,29H,11,16,21-23H2,1-5H3,(H,34,38)/t29-/m0/s1. The van der Waals surface area contributed by atoms with Gasteiger partial charge in [0.05, 0.1) is 11.9 Å². The highest BCUT2D eigenvalue weighted by Gasteiger charge is 2.32. The molecule has 41 heavy (non-hydrogen) atoms. The van der Waals surface area contributed by atoms with Crippen LogP contribution in [0.25, 0.3) is 0 Å². The molecule has 1 N–H and O–H groups in total. The first-order valence-electron chi connectivity index (χ1n) is 13.7. The van der Waals surface area contributed by atoms with Gasteiger partial charge in [0.2, 0.25) is 21.8 Å². The number of nitrogens with zero attached hydrogens (tertiary/aromatic N) is 2. The van der Waals surface area contributed by atoms with Gasteiger partial charge in [-0.25, -0.2) is 8.42 Å². The van der Waals surface area contributed by atoms with Crippen LogP contribution in [0, 0.1) is 6.92 Å².